The van der Waals surface area contributed by atoms with Gasteiger partial charge in [0, 0.05) is 17.1 Å². The molecule has 168 valence electrons. The molecule has 0 aliphatic carbocycles. The third-order valence-corrected chi connectivity index (χ3v) is 5.44. The van der Waals surface area contributed by atoms with Gasteiger partial charge in [-0.15, -0.1) is 0 Å². The highest BCUT2D eigenvalue weighted by molar-refractivity contribution is 9.10. The van der Waals surface area contributed by atoms with E-state index < -0.39 is 6.04 Å². The van der Waals surface area contributed by atoms with Gasteiger partial charge in [0.15, 0.2) is 6.61 Å². The summed E-state index contributed by atoms with van der Waals surface area (Å²) in [5.74, 6) is 0.264. The van der Waals surface area contributed by atoms with E-state index in [-0.39, 0.29) is 29.9 Å². The van der Waals surface area contributed by atoms with Crippen molar-refractivity contribution in [3.8, 4) is 5.75 Å². The highest BCUT2D eigenvalue weighted by Crippen LogP contribution is 2.31. The molecule has 1 N–H and O–H groups in total. The van der Waals surface area contributed by atoms with Crippen LogP contribution in [0.5, 0.6) is 5.75 Å². The second-order valence-electron chi connectivity index (χ2n) is 9.02. The molecule has 2 aromatic rings. The number of hydrogen-bond donors (Lipinski definition) is 1. The molecule has 0 saturated carbocycles. The summed E-state index contributed by atoms with van der Waals surface area (Å²) in [6, 6.07) is 14.8. The van der Waals surface area contributed by atoms with Crippen molar-refractivity contribution in [2.75, 3.05) is 6.61 Å². The molecular weight excluding hydrogens is 456 g/mol. The highest BCUT2D eigenvalue weighted by atomic mass is 79.9. The molecule has 0 bridgehead atoms. The first kappa shape index (κ1) is 24.9. The van der Waals surface area contributed by atoms with Crippen molar-refractivity contribution in [3.63, 3.8) is 0 Å². The van der Waals surface area contributed by atoms with Gasteiger partial charge in [-0.2, -0.15) is 0 Å². The first-order chi connectivity index (χ1) is 14.5. The smallest absolute Gasteiger partial charge is 0.261 e. The fourth-order valence-electron chi connectivity index (χ4n) is 3.21. The predicted octanol–water partition coefficient (Wildman–Crippen LogP) is 5.07. The Morgan fingerprint density at radius 1 is 1.03 bits per heavy atom. The number of carbonyl (C=O) groups excluding carboxylic acids is 2. The summed E-state index contributed by atoms with van der Waals surface area (Å²) in [4.78, 5) is 27.4. The van der Waals surface area contributed by atoms with Crippen LogP contribution in [0, 0.1) is 0 Å². The van der Waals surface area contributed by atoms with Crippen LogP contribution in [-0.4, -0.2) is 35.4 Å². The maximum Gasteiger partial charge on any atom is 0.261 e. The Morgan fingerprint density at radius 2 is 1.65 bits per heavy atom. The van der Waals surface area contributed by atoms with E-state index in [0.717, 1.165) is 15.6 Å². The van der Waals surface area contributed by atoms with Crippen molar-refractivity contribution < 1.29 is 14.3 Å². The molecule has 0 heterocycles. The minimum Gasteiger partial charge on any atom is -0.483 e. The van der Waals surface area contributed by atoms with Crippen molar-refractivity contribution in [2.45, 2.75) is 65.6 Å². The number of rotatable bonds is 8. The number of ether oxygens (including phenoxy) is 1. The SMILES string of the molecule is CC(C)NC(=O)[C@H](C)N(Cc1ccc(Br)cc1)C(=O)COc1ccccc1C(C)(C)C. The first-order valence-corrected chi connectivity index (χ1v) is 11.3. The van der Waals surface area contributed by atoms with E-state index in [0.29, 0.717) is 12.3 Å². The largest absolute Gasteiger partial charge is 0.483 e. The quantitative estimate of drug-likeness (QED) is 0.564. The molecule has 0 saturated heterocycles. The predicted molar refractivity (Wildman–Crippen MR) is 128 cm³/mol. The number of benzene rings is 2. The van der Waals surface area contributed by atoms with Gasteiger partial charge < -0.3 is 15.0 Å². The van der Waals surface area contributed by atoms with Gasteiger partial charge in [-0.05, 0) is 55.5 Å². The van der Waals surface area contributed by atoms with Gasteiger partial charge in [0.1, 0.15) is 11.8 Å². The molecule has 0 aromatic heterocycles. The monoisotopic (exact) mass is 488 g/mol. The Labute approximate surface area is 194 Å². The molecule has 0 fully saturated rings. The molecule has 0 aliphatic heterocycles. The lowest BCUT2D eigenvalue weighted by molar-refractivity contribution is -0.142. The number of amides is 2. The van der Waals surface area contributed by atoms with E-state index in [1.807, 2.05) is 62.4 Å². The Morgan fingerprint density at radius 3 is 2.23 bits per heavy atom. The summed E-state index contributed by atoms with van der Waals surface area (Å²) in [7, 11) is 0. The van der Waals surface area contributed by atoms with Gasteiger partial charge in [-0.1, -0.05) is 67.0 Å². The molecule has 6 heteroatoms. The second kappa shape index (κ2) is 10.8. The Balaban J connectivity index is 2.21. The molecule has 2 rings (SSSR count). The van der Waals surface area contributed by atoms with Gasteiger partial charge in [-0.3, -0.25) is 9.59 Å². The zero-order chi connectivity index (χ0) is 23.2. The first-order valence-electron chi connectivity index (χ1n) is 10.6. The fraction of sp³-hybridized carbons (Fsp3) is 0.440. The lowest BCUT2D eigenvalue weighted by Gasteiger charge is -2.30. The third kappa shape index (κ3) is 7.39. The zero-order valence-corrected chi connectivity index (χ0v) is 20.8. The van der Waals surface area contributed by atoms with E-state index in [4.69, 9.17) is 4.74 Å². The van der Waals surface area contributed by atoms with Crippen LogP contribution in [0.4, 0.5) is 0 Å². The van der Waals surface area contributed by atoms with E-state index >= 15 is 0 Å². The molecule has 1 atom stereocenters. The van der Waals surface area contributed by atoms with E-state index in [9.17, 15) is 9.59 Å². The maximum absolute atomic E-state index is 13.2. The summed E-state index contributed by atoms with van der Waals surface area (Å²) < 4.78 is 6.90. The molecule has 2 aromatic carbocycles. The molecular formula is C25H33BrN2O3. The molecule has 5 nitrogen and oxygen atoms in total. The van der Waals surface area contributed by atoms with Crippen molar-refractivity contribution >= 4 is 27.7 Å². The number of halogens is 1. The van der Waals surface area contributed by atoms with Crippen molar-refractivity contribution in [1.82, 2.24) is 10.2 Å². The van der Waals surface area contributed by atoms with Gasteiger partial charge in [0.25, 0.3) is 5.91 Å². The molecule has 0 unspecified atom stereocenters. The molecule has 0 aliphatic rings. The summed E-state index contributed by atoms with van der Waals surface area (Å²) in [5.41, 5.74) is 1.87. The Kier molecular flexibility index (Phi) is 8.69. The lowest BCUT2D eigenvalue weighted by atomic mass is 9.86. The third-order valence-electron chi connectivity index (χ3n) is 4.91. The topological polar surface area (TPSA) is 58.6 Å². The van der Waals surface area contributed by atoms with Crippen molar-refractivity contribution in [1.29, 1.82) is 0 Å². The van der Waals surface area contributed by atoms with Crippen LogP contribution >= 0.6 is 15.9 Å². The highest BCUT2D eigenvalue weighted by Gasteiger charge is 2.27. The van der Waals surface area contributed by atoms with E-state index in [1.165, 1.54) is 0 Å². The summed E-state index contributed by atoms with van der Waals surface area (Å²) in [6.07, 6.45) is 0. The maximum atomic E-state index is 13.2. The van der Waals surface area contributed by atoms with Crippen molar-refractivity contribution in [2.24, 2.45) is 0 Å². The summed E-state index contributed by atoms with van der Waals surface area (Å²) in [5, 5.41) is 2.89. The Bertz CT molecular complexity index is 888. The van der Waals surface area contributed by atoms with Crippen LogP contribution in [0.25, 0.3) is 0 Å². The van der Waals surface area contributed by atoms with Crippen LogP contribution in [0.15, 0.2) is 53.0 Å². The molecule has 0 radical (unpaired) electrons. The van der Waals surface area contributed by atoms with Crippen LogP contribution in [-0.2, 0) is 21.5 Å². The molecule has 0 spiro atoms. The second-order valence-corrected chi connectivity index (χ2v) is 9.94. The van der Waals surface area contributed by atoms with Gasteiger partial charge >= 0.3 is 0 Å². The minimum absolute atomic E-state index is 0.00510. The molecule has 2 amide bonds. The fourth-order valence-corrected chi connectivity index (χ4v) is 3.47. The van der Waals surface area contributed by atoms with E-state index in [2.05, 4.69) is 42.0 Å². The van der Waals surface area contributed by atoms with Crippen LogP contribution < -0.4 is 10.1 Å². The molecule has 31 heavy (non-hydrogen) atoms. The van der Waals surface area contributed by atoms with Crippen LogP contribution in [0.3, 0.4) is 0 Å². The normalized spacial score (nSPS) is 12.4. The zero-order valence-electron chi connectivity index (χ0n) is 19.2. The average Bonchev–Trinajstić information content (AvgIpc) is 2.70. The number of nitrogens with zero attached hydrogens (tertiary/aromatic N) is 1. The lowest BCUT2D eigenvalue weighted by Crippen LogP contribution is -2.50. The van der Waals surface area contributed by atoms with Crippen molar-refractivity contribution in [3.05, 3.63) is 64.1 Å². The Hall–Kier alpha value is -2.34. The van der Waals surface area contributed by atoms with Crippen LogP contribution in [0.1, 0.15) is 52.7 Å². The number of nitrogens with one attached hydrogen (secondary N) is 1. The summed E-state index contributed by atoms with van der Waals surface area (Å²) in [6.45, 7) is 12.1. The van der Waals surface area contributed by atoms with E-state index in [1.54, 1.807) is 11.8 Å². The van der Waals surface area contributed by atoms with Gasteiger partial charge in [-0.25, -0.2) is 0 Å². The number of hydrogen-bond acceptors (Lipinski definition) is 3. The summed E-state index contributed by atoms with van der Waals surface area (Å²) >= 11 is 3.43. The van der Waals surface area contributed by atoms with Crippen LogP contribution in [0.2, 0.25) is 0 Å². The number of carbonyl (C=O) groups is 2. The number of para-hydroxylation sites is 1. The standard InChI is InChI=1S/C25H33BrN2O3/c1-17(2)27-24(30)18(3)28(15-19-11-13-20(26)14-12-19)23(29)16-31-22-10-8-7-9-21(22)25(4,5)6/h7-14,17-18H,15-16H2,1-6H3,(H,27,30)/t18-/m0/s1. The van der Waals surface area contributed by atoms with Gasteiger partial charge in [0.05, 0.1) is 0 Å². The average molecular weight is 489 g/mol. The minimum atomic E-state index is -0.625. The van der Waals surface area contributed by atoms with Gasteiger partial charge in [0.2, 0.25) is 5.91 Å².